The standard InChI is InChI=1S/C13H14ClN3/c1-3-17(11-7-5-4-6-10(11)2)13-8-12(14)15-9-16-13/h4-9H,3H2,1-2H3. The summed E-state index contributed by atoms with van der Waals surface area (Å²) in [6, 6.07) is 9.99. The van der Waals surface area contributed by atoms with Crippen LogP contribution in [-0.2, 0) is 0 Å². The van der Waals surface area contributed by atoms with Gasteiger partial charge in [0, 0.05) is 18.3 Å². The van der Waals surface area contributed by atoms with Crippen molar-refractivity contribution in [3.8, 4) is 0 Å². The van der Waals surface area contributed by atoms with Crippen LogP contribution in [0.4, 0.5) is 11.5 Å². The Bertz CT molecular complexity index is 514. The number of hydrogen-bond donors (Lipinski definition) is 0. The van der Waals surface area contributed by atoms with Gasteiger partial charge in [0.1, 0.15) is 17.3 Å². The van der Waals surface area contributed by atoms with Gasteiger partial charge in [-0.25, -0.2) is 9.97 Å². The summed E-state index contributed by atoms with van der Waals surface area (Å²) in [4.78, 5) is 10.3. The first kappa shape index (κ1) is 11.9. The Morgan fingerprint density at radius 2 is 2.00 bits per heavy atom. The van der Waals surface area contributed by atoms with Crippen LogP contribution in [0.2, 0.25) is 5.15 Å². The van der Waals surface area contributed by atoms with Gasteiger partial charge in [-0.3, -0.25) is 0 Å². The number of aryl methyl sites for hydroxylation is 1. The summed E-state index contributed by atoms with van der Waals surface area (Å²) in [5.41, 5.74) is 2.36. The summed E-state index contributed by atoms with van der Waals surface area (Å²) >= 11 is 5.90. The van der Waals surface area contributed by atoms with Gasteiger partial charge in [0.2, 0.25) is 0 Å². The van der Waals surface area contributed by atoms with Crippen LogP contribution in [0.15, 0.2) is 36.7 Å². The quantitative estimate of drug-likeness (QED) is 0.776. The predicted molar refractivity (Wildman–Crippen MR) is 70.9 cm³/mol. The van der Waals surface area contributed by atoms with Gasteiger partial charge in [0.15, 0.2) is 0 Å². The van der Waals surface area contributed by atoms with E-state index in [0.717, 1.165) is 18.1 Å². The zero-order valence-corrected chi connectivity index (χ0v) is 10.6. The summed E-state index contributed by atoms with van der Waals surface area (Å²) < 4.78 is 0. The Morgan fingerprint density at radius 3 is 2.65 bits per heavy atom. The molecule has 0 bridgehead atoms. The Morgan fingerprint density at radius 1 is 1.24 bits per heavy atom. The van der Waals surface area contributed by atoms with Crippen LogP contribution in [0.5, 0.6) is 0 Å². The molecule has 4 heteroatoms. The highest BCUT2D eigenvalue weighted by molar-refractivity contribution is 6.29. The van der Waals surface area contributed by atoms with Gasteiger partial charge in [-0.2, -0.15) is 0 Å². The molecule has 0 aliphatic carbocycles. The van der Waals surface area contributed by atoms with Gasteiger partial charge >= 0.3 is 0 Å². The molecule has 0 saturated heterocycles. The smallest absolute Gasteiger partial charge is 0.137 e. The molecular weight excluding hydrogens is 234 g/mol. The molecule has 3 nitrogen and oxygen atoms in total. The number of nitrogens with zero attached hydrogens (tertiary/aromatic N) is 3. The molecule has 0 aliphatic rings. The van der Waals surface area contributed by atoms with E-state index < -0.39 is 0 Å². The molecule has 0 unspecified atom stereocenters. The van der Waals surface area contributed by atoms with E-state index in [1.54, 1.807) is 6.07 Å². The van der Waals surface area contributed by atoms with E-state index >= 15 is 0 Å². The monoisotopic (exact) mass is 247 g/mol. The molecule has 0 aliphatic heterocycles. The molecule has 0 atom stereocenters. The van der Waals surface area contributed by atoms with Gasteiger partial charge in [0.05, 0.1) is 0 Å². The summed E-state index contributed by atoms with van der Waals surface area (Å²) in [5, 5.41) is 0.460. The van der Waals surface area contributed by atoms with E-state index in [9.17, 15) is 0 Å². The van der Waals surface area contributed by atoms with Crippen LogP contribution in [0, 0.1) is 6.92 Å². The van der Waals surface area contributed by atoms with Crippen LogP contribution in [-0.4, -0.2) is 16.5 Å². The van der Waals surface area contributed by atoms with Crippen molar-refractivity contribution >= 4 is 23.1 Å². The lowest BCUT2D eigenvalue weighted by atomic mass is 10.2. The second-order valence-electron chi connectivity index (χ2n) is 3.73. The topological polar surface area (TPSA) is 29.0 Å². The summed E-state index contributed by atoms with van der Waals surface area (Å²) in [6.45, 7) is 5.00. The van der Waals surface area contributed by atoms with Gasteiger partial charge in [-0.05, 0) is 25.5 Å². The highest BCUT2D eigenvalue weighted by Gasteiger charge is 2.10. The van der Waals surface area contributed by atoms with Gasteiger partial charge in [0.25, 0.3) is 0 Å². The average molecular weight is 248 g/mol. The molecule has 17 heavy (non-hydrogen) atoms. The molecule has 0 saturated carbocycles. The Kier molecular flexibility index (Phi) is 3.59. The van der Waals surface area contributed by atoms with E-state index in [-0.39, 0.29) is 0 Å². The minimum absolute atomic E-state index is 0.460. The second kappa shape index (κ2) is 5.15. The zero-order chi connectivity index (χ0) is 12.3. The predicted octanol–water partition coefficient (Wildman–Crippen LogP) is 3.60. The van der Waals surface area contributed by atoms with Crippen molar-refractivity contribution in [1.29, 1.82) is 0 Å². The fourth-order valence-electron chi connectivity index (χ4n) is 1.79. The number of benzene rings is 1. The molecule has 1 aromatic heterocycles. The first-order chi connectivity index (χ1) is 8.22. The molecule has 2 rings (SSSR count). The van der Waals surface area contributed by atoms with E-state index in [0.29, 0.717) is 5.15 Å². The molecule has 2 aromatic rings. The van der Waals surface area contributed by atoms with Crippen molar-refractivity contribution < 1.29 is 0 Å². The van der Waals surface area contributed by atoms with Crippen LogP contribution >= 0.6 is 11.6 Å². The second-order valence-corrected chi connectivity index (χ2v) is 4.12. The van der Waals surface area contributed by atoms with Gasteiger partial charge in [-0.1, -0.05) is 29.8 Å². The molecule has 0 fully saturated rings. The Balaban J connectivity index is 2.44. The molecule has 0 radical (unpaired) electrons. The SMILES string of the molecule is CCN(c1cc(Cl)ncn1)c1ccccc1C. The highest BCUT2D eigenvalue weighted by Crippen LogP contribution is 2.26. The lowest BCUT2D eigenvalue weighted by Crippen LogP contribution is -2.18. The molecule has 1 aromatic carbocycles. The van der Waals surface area contributed by atoms with Crippen molar-refractivity contribution in [2.45, 2.75) is 13.8 Å². The van der Waals surface area contributed by atoms with Gasteiger partial charge in [-0.15, -0.1) is 0 Å². The number of aromatic nitrogens is 2. The van der Waals surface area contributed by atoms with Crippen LogP contribution in [0.3, 0.4) is 0 Å². The van der Waals surface area contributed by atoms with Crippen molar-refractivity contribution in [3.63, 3.8) is 0 Å². The van der Waals surface area contributed by atoms with Gasteiger partial charge < -0.3 is 4.90 Å². The maximum atomic E-state index is 5.90. The fourth-order valence-corrected chi connectivity index (χ4v) is 1.94. The first-order valence-electron chi connectivity index (χ1n) is 5.53. The van der Waals surface area contributed by atoms with Crippen LogP contribution in [0.1, 0.15) is 12.5 Å². The number of para-hydroxylation sites is 1. The van der Waals surface area contributed by atoms with E-state index in [4.69, 9.17) is 11.6 Å². The number of anilines is 2. The normalized spacial score (nSPS) is 10.3. The van der Waals surface area contributed by atoms with Crippen LogP contribution < -0.4 is 4.90 Å². The fraction of sp³-hybridized carbons (Fsp3) is 0.231. The maximum absolute atomic E-state index is 5.90. The van der Waals surface area contributed by atoms with Crippen molar-refractivity contribution in [2.24, 2.45) is 0 Å². The third-order valence-corrected chi connectivity index (χ3v) is 2.82. The lowest BCUT2D eigenvalue weighted by molar-refractivity contribution is 0.970. The number of hydrogen-bond acceptors (Lipinski definition) is 3. The maximum Gasteiger partial charge on any atom is 0.137 e. The Labute approximate surface area is 106 Å². The van der Waals surface area contributed by atoms with Crippen molar-refractivity contribution in [3.05, 3.63) is 47.4 Å². The summed E-state index contributed by atoms with van der Waals surface area (Å²) in [5.74, 6) is 0.821. The highest BCUT2D eigenvalue weighted by atomic mass is 35.5. The molecule has 0 N–H and O–H groups in total. The van der Waals surface area contributed by atoms with E-state index in [2.05, 4.69) is 40.8 Å². The van der Waals surface area contributed by atoms with E-state index in [1.807, 2.05) is 12.1 Å². The molecule has 0 amide bonds. The third kappa shape index (κ3) is 2.56. The number of halogens is 1. The minimum atomic E-state index is 0.460. The van der Waals surface area contributed by atoms with E-state index in [1.165, 1.54) is 11.9 Å². The summed E-state index contributed by atoms with van der Waals surface area (Å²) in [7, 11) is 0. The van der Waals surface area contributed by atoms with Crippen molar-refractivity contribution in [2.75, 3.05) is 11.4 Å². The molecule has 1 heterocycles. The Hall–Kier alpha value is -1.61. The number of rotatable bonds is 3. The van der Waals surface area contributed by atoms with Crippen molar-refractivity contribution in [1.82, 2.24) is 9.97 Å². The zero-order valence-electron chi connectivity index (χ0n) is 9.89. The van der Waals surface area contributed by atoms with Crippen LogP contribution in [0.25, 0.3) is 0 Å². The molecule has 0 spiro atoms. The first-order valence-corrected chi connectivity index (χ1v) is 5.91. The molecular formula is C13H14ClN3. The lowest BCUT2D eigenvalue weighted by Gasteiger charge is -2.23. The summed E-state index contributed by atoms with van der Waals surface area (Å²) in [6.07, 6.45) is 1.48. The average Bonchev–Trinajstić information content (AvgIpc) is 2.33. The minimum Gasteiger partial charge on any atom is -0.326 e. The largest absolute Gasteiger partial charge is 0.326 e. The third-order valence-electron chi connectivity index (χ3n) is 2.62. The molecule has 88 valence electrons.